The van der Waals surface area contributed by atoms with Crippen LogP contribution in [-0.2, 0) is 19.5 Å². The van der Waals surface area contributed by atoms with Crippen molar-refractivity contribution in [3.63, 3.8) is 0 Å². The summed E-state index contributed by atoms with van der Waals surface area (Å²) in [6, 6.07) is 7.98. The molecule has 4 rings (SSSR count). The van der Waals surface area contributed by atoms with Crippen LogP contribution in [0.3, 0.4) is 0 Å². The topological polar surface area (TPSA) is 75.6 Å². The number of aryl methyl sites for hydroxylation is 1. The molecule has 2 aromatic rings. The molecule has 1 fully saturated rings. The molecule has 0 saturated carbocycles. The van der Waals surface area contributed by atoms with Crippen LogP contribution in [-0.4, -0.2) is 51.8 Å². The summed E-state index contributed by atoms with van der Waals surface area (Å²) in [5, 5.41) is 9.32. The molecule has 27 heavy (non-hydrogen) atoms. The maximum atomic E-state index is 6.23. The summed E-state index contributed by atoms with van der Waals surface area (Å²) >= 11 is 5.97. The number of benzene rings is 1. The van der Waals surface area contributed by atoms with Crippen molar-refractivity contribution in [1.29, 1.82) is 0 Å². The van der Waals surface area contributed by atoms with Gasteiger partial charge in [-0.3, -0.25) is 0 Å². The van der Waals surface area contributed by atoms with E-state index in [0.717, 1.165) is 55.8 Å². The van der Waals surface area contributed by atoms with E-state index >= 15 is 0 Å². The Kier molecular flexibility index (Phi) is 6.80. The summed E-state index contributed by atoms with van der Waals surface area (Å²) in [5.74, 6) is 2.59. The minimum atomic E-state index is 0. The van der Waals surface area contributed by atoms with Gasteiger partial charge >= 0.3 is 0 Å². The number of anilines is 1. The van der Waals surface area contributed by atoms with Gasteiger partial charge in [-0.15, -0.1) is 34.2 Å². The average molecular weight is 502 g/mol. The number of fused-ring (bicyclic) bond motifs is 1. The quantitative estimate of drug-likeness (QED) is 0.397. The van der Waals surface area contributed by atoms with Crippen molar-refractivity contribution in [3.8, 4) is 0 Å². The molecule has 1 aromatic carbocycles. The zero-order chi connectivity index (χ0) is 17.9. The van der Waals surface area contributed by atoms with Crippen LogP contribution in [0.5, 0.6) is 0 Å². The fraction of sp³-hybridized carbons (Fsp3) is 0.500. The Bertz CT molecular complexity index is 782. The first-order chi connectivity index (χ1) is 12.7. The number of hydrogen-bond acceptors (Lipinski definition) is 4. The van der Waals surface area contributed by atoms with Crippen LogP contribution in [0.15, 0.2) is 29.3 Å². The lowest BCUT2D eigenvalue weighted by atomic mass is 10.2. The van der Waals surface area contributed by atoms with Gasteiger partial charge in [0.2, 0.25) is 0 Å². The largest absolute Gasteiger partial charge is 0.370 e. The van der Waals surface area contributed by atoms with Crippen LogP contribution in [0.25, 0.3) is 0 Å². The fourth-order valence-corrected chi connectivity index (χ4v) is 3.71. The molecular weight excluding hydrogens is 477 g/mol. The molecule has 1 saturated heterocycles. The minimum Gasteiger partial charge on any atom is -0.370 e. The molecule has 2 N–H and O–H groups in total. The molecule has 3 heterocycles. The highest BCUT2D eigenvalue weighted by molar-refractivity contribution is 14.0. The summed E-state index contributed by atoms with van der Waals surface area (Å²) in [6.07, 6.45) is 3.39. The first kappa shape index (κ1) is 20.2. The number of nitrogens with zero attached hydrogens (tertiary/aromatic N) is 6. The van der Waals surface area contributed by atoms with Crippen molar-refractivity contribution in [2.75, 3.05) is 31.1 Å². The third kappa shape index (κ3) is 4.66. The molecule has 7 nitrogen and oxygen atoms in total. The van der Waals surface area contributed by atoms with E-state index in [0.29, 0.717) is 12.5 Å². The van der Waals surface area contributed by atoms with Crippen LogP contribution in [0.4, 0.5) is 5.69 Å². The van der Waals surface area contributed by atoms with Crippen LogP contribution in [0.2, 0.25) is 5.02 Å². The summed E-state index contributed by atoms with van der Waals surface area (Å²) in [5.41, 5.74) is 7.42. The molecule has 0 atom stereocenters. The van der Waals surface area contributed by atoms with Crippen molar-refractivity contribution in [2.45, 2.75) is 32.4 Å². The summed E-state index contributed by atoms with van der Waals surface area (Å²) in [4.78, 5) is 9.05. The molecule has 9 heteroatoms. The highest BCUT2D eigenvalue weighted by atomic mass is 127. The van der Waals surface area contributed by atoms with Gasteiger partial charge < -0.3 is 20.1 Å². The second-order valence-electron chi connectivity index (χ2n) is 6.77. The van der Waals surface area contributed by atoms with Gasteiger partial charge in [-0.05, 0) is 37.1 Å². The van der Waals surface area contributed by atoms with E-state index < -0.39 is 0 Å². The lowest BCUT2D eigenvalue weighted by Crippen LogP contribution is -2.51. The predicted octanol–water partition coefficient (Wildman–Crippen LogP) is 2.52. The highest BCUT2D eigenvalue weighted by Gasteiger charge is 2.19. The second-order valence-corrected chi connectivity index (χ2v) is 7.20. The molecule has 0 bridgehead atoms. The molecule has 0 spiro atoms. The number of hydrogen-bond donors (Lipinski definition) is 1. The SMILES string of the molecule is I.NC(=NCc1nnc2n1CCCC2)N1CCN(c2ccc(Cl)cc2)CC1. The van der Waals surface area contributed by atoms with Crippen molar-refractivity contribution in [3.05, 3.63) is 40.9 Å². The average Bonchev–Trinajstić information content (AvgIpc) is 3.10. The highest BCUT2D eigenvalue weighted by Crippen LogP contribution is 2.19. The Morgan fingerprint density at radius 2 is 1.78 bits per heavy atom. The first-order valence-corrected chi connectivity index (χ1v) is 9.55. The summed E-state index contributed by atoms with van der Waals surface area (Å²) in [6.45, 7) is 5.03. The molecule has 2 aliphatic heterocycles. The molecule has 1 aromatic heterocycles. The van der Waals surface area contributed by atoms with Gasteiger partial charge in [0, 0.05) is 49.9 Å². The van der Waals surface area contributed by atoms with E-state index in [9.17, 15) is 0 Å². The zero-order valence-corrected chi connectivity index (χ0v) is 18.3. The van der Waals surface area contributed by atoms with Crippen LogP contribution in [0.1, 0.15) is 24.5 Å². The Morgan fingerprint density at radius 3 is 2.52 bits per heavy atom. The smallest absolute Gasteiger partial charge is 0.191 e. The van der Waals surface area contributed by atoms with Gasteiger partial charge in [-0.2, -0.15) is 0 Å². The Balaban J connectivity index is 0.00000210. The Morgan fingerprint density at radius 1 is 1.04 bits per heavy atom. The number of halogens is 2. The Hall–Kier alpha value is -1.55. The molecule has 0 aliphatic carbocycles. The monoisotopic (exact) mass is 501 g/mol. The van der Waals surface area contributed by atoms with Crippen molar-refractivity contribution in [1.82, 2.24) is 19.7 Å². The summed E-state index contributed by atoms with van der Waals surface area (Å²) < 4.78 is 2.19. The number of rotatable bonds is 3. The van der Waals surface area contributed by atoms with E-state index in [1.54, 1.807) is 0 Å². The van der Waals surface area contributed by atoms with Crippen molar-refractivity contribution in [2.24, 2.45) is 10.7 Å². The van der Waals surface area contributed by atoms with Crippen LogP contribution < -0.4 is 10.6 Å². The minimum absolute atomic E-state index is 0. The van der Waals surface area contributed by atoms with Gasteiger partial charge in [0.05, 0.1) is 0 Å². The van der Waals surface area contributed by atoms with E-state index in [4.69, 9.17) is 17.3 Å². The fourth-order valence-electron chi connectivity index (χ4n) is 3.58. The number of piperazine rings is 1. The standard InChI is InChI=1S/C18H24ClN7.HI/c19-14-4-6-15(7-5-14)24-9-11-25(12-10-24)18(20)21-13-17-23-22-16-3-1-2-8-26(16)17;/h4-7H,1-3,8-13H2,(H2,20,21);1H. The second kappa shape index (κ2) is 9.09. The predicted molar refractivity (Wildman–Crippen MR) is 119 cm³/mol. The van der Waals surface area contributed by atoms with Gasteiger partial charge in [0.15, 0.2) is 11.8 Å². The van der Waals surface area contributed by atoms with E-state index in [-0.39, 0.29) is 24.0 Å². The van der Waals surface area contributed by atoms with Crippen molar-refractivity contribution < 1.29 is 0 Å². The number of aromatic nitrogens is 3. The first-order valence-electron chi connectivity index (χ1n) is 9.17. The van der Waals surface area contributed by atoms with Gasteiger partial charge in [0.25, 0.3) is 0 Å². The maximum absolute atomic E-state index is 6.23. The zero-order valence-electron chi connectivity index (χ0n) is 15.2. The molecule has 0 amide bonds. The summed E-state index contributed by atoms with van der Waals surface area (Å²) in [7, 11) is 0. The Labute approximate surface area is 181 Å². The number of guanidine groups is 1. The third-order valence-electron chi connectivity index (χ3n) is 5.11. The molecule has 0 unspecified atom stereocenters. The van der Waals surface area contributed by atoms with E-state index in [2.05, 4.69) is 41.7 Å². The van der Waals surface area contributed by atoms with Gasteiger partial charge in [0.1, 0.15) is 12.4 Å². The number of aliphatic imine (C=N–C) groups is 1. The van der Waals surface area contributed by atoms with Gasteiger partial charge in [-0.1, -0.05) is 11.6 Å². The molecule has 146 valence electrons. The third-order valence-corrected chi connectivity index (χ3v) is 5.37. The van der Waals surface area contributed by atoms with Gasteiger partial charge in [-0.25, -0.2) is 4.99 Å². The molecular formula is C18H25ClIN7. The van der Waals surface area contributed by atoms with Crippen LogP contribution >= 0.6 is 35.6 Å². The normalized spacial score (nSPS) is 17.4. The molecule has 2 aliphatic rings. The van der Waals surface area contributed by atoms with Crippen LogP contribution in [0, 0.1) is 0 Å². The molecule has 0 radical (unpaired) electrons. The maximum Gasteiger partial charge on any atom is 0.191 e. The number of nitrogens with two attached hydrogens (primary N) is 1. The van der Waals surface area contributed by atoms with Crippen molar-refractivity contribution >= 4 is 47.2 Å². The lowest BCUT2D eigenvalue weighted by molar-refractivity contribution is 0.380. The van der Waals surface area contributed by atoms with E-state index in [1.165, 1.54) is 18.5 Å². The van der Waals surface area contributed by atoms with E-state index in [1.807, 2.05) is 12.1 Å². The lowest BCUT2D eigenvalue weighted by Gasteiger charge is -2.36.